The number of hydrogen-bond donors (Lipinski definition) is 7. The molecule has 8 rings (SSSR count). The number of rotatable bonds is 12. The summed E-state index contributed by atoms with van der Waals surface area (Å²) in [4.78, 5) is 30.7. The number of carbonyl (C=O) groups is 1. The highest BCUT2D eigenvalue weighted by Gasteiger charge is 2.45. The molecular weight excluding hydrogens is 755 g/mol. The van der Waals surface area contributed by atoms with Crippen molar-refractivity contribution in [3.8, 4) is 0 Å². The van der Waals surface area contributed by atoms with Crippen LogP contribution < -0.4 is 26.0 Å². The fourth-order valence-electron chi connectivity index (χ4n) is 7.50. The van der Waals surface area contributed by atoms with Crippen LogP contribution in [-0.2, 0) is 16.6 Å². The van der Waals surface area contributed by atoms with Gasteiger partial charge in [-0.3, -0.25) is 0 Å². The Bertz CT molecular complexity index is 2410. The number of nitrogens with two attached hydrogens (primary N) is 1. The molecule has 2 amide bonds. The zero-order chi connectivity index (χ0) is 39.7. The maximum absolute atomic E-state index is 13.0. The van der Waals surface area contributed by atoms with Gasteiger partial charge < -0.3 is 40.7 Å². The lowest BCUT2D eigenvalue weighted by Crippen LogP contribution is -2.40. The molecule has 3 aromatic heterocycles. The first-order valence-electron chi connectivity index (χ1n) is 18.3. The molecule has 0 radical (unpaired) electrons. The third kappa shape index (κ3) is 7.98. The predicted molar refractivity (Wildman–Crippen MR) is 208 cm³/mol. The van der Waals surface area contributed by atoms with E-state index in [1.54, 1.807) is 10.9 Å². The molecule has 0 unspecified atom stereocenters. The van der Waals surface area contributed by atoms with Crippen molar-refractivity contribution in [3.05, 3.63) is 108 Å². The smallest absolute Gasteiger partial charge is 0.319 e. The number of nitrogens with one attached hydrogen (secondary N) is 3. The average molecular weight is 796 g/mol. The van der Waals surface area contributed by atoms with Crippen molar-refractivity contribution < 1.29 is 28.5 Å². The molecule has 3 aromatic carbocycles. The lowest BCUT2D eigenvalue weighted by Gasteiger charge is -2.22. The minimum absolute atomic E-state index is 0.0377. The summed E-state index contributed by atoms with van der Waals surface area (Å²) in [5.41, 5.74) is 3.51. The monoisotopic (exact) mass is 795 g/mol. The summed E-state index contributed by atoms with van der Waals surface area (Å²) in [5, 5.41) is 58.3. The van der Waals surface area contributed by atoms with Gasteiger partial charge >= 0.3 is 6.03 Å². The molecule has 57 heavy (non-hydrogen) atoms. The normalized spacial score (nSPS) is 21.0. The molecule has 1 aliphatic heterocycles. The largest absolute Gasteiger partial charge is 0.388 e. The Morgan fingerprint density at radius 1 is 0.930 bits per heavy atom. The van der Waals surface area contributed by atoms with Gasteiger partial charge in [-0.2, -0.15) is 14.8 Å². The maximum atomic E-state index is 13.0. The van der Waals surface area contributed by atoms with Crippen molar-refractivity contribution in [2.75, 3.05) is 35.2 Å². The summed E-state index contributed by atoms with van der Waals surface area (Å²) in [6, 6.07) is 23.7. The van der Waals surface area contributed by atoms with Crippen molar-refractivity contribution in [1.82, 2.24) is 45.0 Å². The summed E-state index contributed by atoms with van der Waals surface area (Å²) < 4.78 is 25.0. The van der Waals surface area contributed by atoms with Crippen LogP contribution in [0.5, 0.6) is 0 Å². The van der Waals surface area contributed by atoms with Crippen molar-refractivity contribution in [1.29, 1.82) is 0 Å². The summed E-state index contributed by atoms with van der Waals surface area (Å²) in [5.74, 6) is 0.906. The van der Waals surface area contributed by atoms with E-state index in [0.717, 1.165) is 11.1 Å². The van der Waals surface area contributed by atoms with Gasteiger partial charge in [0, 0.05) is 37.3 Å². The summed E-state index contributed by atoms with van der Waals surface area (Å²) in [6.07, 6.45) is -0.0996. The molecule has 0 bridgehead atoms. The van der Waals surface area contributed by atoms with E-state index in [1.807, 2.05) is 41.3 Å². The molecular formula is C37H41N13O6S. The second-order valence-corrected chi connectivity index (χ2v) is 15.6. The molecule has 1 saturated carbocycles. The van der Waals surface area contributed by atoms with E-state index < -0.39 is 47.0 Å². The second-order valence-electron chi connectivity index (χ2n) is 14.1. The van der Waals surface area contributed by atoms with Gasteiger partial charge in [-0.15, -0.1) is 10.2 Å². The standard InChI is InChI=1S/C37H41N13O6S/c38-57(55,56)26-13-11-24(12-14-26)41-37(54)42-25-15-16-48(19-25)36-43-34(39-18-27(22-7-3-1-4-8-22)23-9-5-2-6-10-23)31-35(44-36)49(21-40-31)28-17-29(33(53)32(28)52)50-46-30(20-51)45-47-50/h1-14,21,25,27-29,32-33,51-53H,15-20H2,(H2,38,55,56)(H,39,43,44)(H2,41,42,54)/t25-,28-,29+,32+,33-/m1/s1. The third-order valence-electron chi connectivity index (χ3n) is 10.4. The van der Waals surface area contributed by atoms with Crippen LogP contribution in [-0.4, -0.2) is 107 Å². The molecule has 4 heterocycles. The summed E-state index contributed by atoms with van der Waals surface area (Å²) in [6.45, 7) is 0.945. The molecule has 6 aromatic rings. The van der Waals surface area contributed by atoms with E-state index in [4.69, 9.17) is 20.1 Å². The maximum Gasteiger partial charge on any atom is 0.319 e. The van der Waals surface area contributed by atoms with Gasteiger partial charge in [0.1, 0.15) is 24.9 Å². The minimum atomic E-state index is -3.87. The molecule has 1 aliphatic carbocycles. The van der Waals surface area contributed by atoms with Crippen molar-refractivity contribution in [2.45, 2.75) is 60.6 Å². The van der Waals surface area contributed by atoms with E-state index in [9.17, 15) is 28.5 Å². The molecule has 5 atom stereocenters. The molecule has 20 heteroatoms. The highest BCUT2D eigenvalue weighted by Crippen LogP contribution is 2.40. The topological polar surface area (TPSA) is 264 Å². The van der Waals surface area contributed by atoms with Crippen molar-refractivity contribution >= 4 is 44.7 Å². The van der Waals surface area contributed by atoms with Gasteiger partial charge in [0.05, 0.1) is 17.3 Å². The van der Waals surface area contributed by atoms with Crippen LogP contribution in [0.4, 0.5) is 22.2 Å². The number of imidazole rings is 1. The highest BCUT2D eigenvalue weighted by molar-refractivity contribution is 7.89. The Kier molecular flexibility index (Phi) is 10.5. The number of sulfonamides is 1. The van der Waals surface area contributed by atoms with Gasteiger partial charge in [-0.1, -0.05) is 60.7 Å². The Morgan fingerprint density at radius 3 is 2.26 bits per heavy atom. The zero-order valence-corrected chi connectivity index (χ0v) is 31.3. The van der Waals surface area contributed by atoms with Crippen LogP contribution in [0.1, 0.15) is 47.8 Å². The number of urea groups is 1. The van der Waals surface area contributed by atoms with Crippen LogP contribution in [0.15, 0.2) is 96.2 Å². The predicted octanol–water partition coefficient (Wildman–Crippen LogP) is 1.50. The summed E-state index contributed by atoms with van der Waals surface area (Å²) >= 11 is 0. The highest BCUT2D eigenvalue weighted by atomic mass is 32.2. The number of aliphatic hydroxyl groups is 3. The van der Waals surface area contributed by atoms with E-state index in [0.29, 0.717) is 54.7 Å². The Labute approximate surface area is 326 Å². The number of benzene rings is 3. The van der Waals surface area contributed by atoms with Crippen molar-refractivity contribution in [2.24, 2.45) is 5.14 Å². The van der Waals surface area contributed by atoms with Gasteiger partial charge in [0.25, 0.3) is 0 Å². The Balaban J connectivity index is 1.07. The van der Waals surface area contributed by atoms with Crippen LogP contribution in [0.3, 0.4) is 0 Å². The quantitative estimate of drug-likeness (QED) is 0.0926. The number of anilines is 3. The first kappa shape index (κ1) is 37.8. The fourth-order valence-corrected chi connectivity index (χ4v) is 8.02. The minimum Gasteiger partial charge on any atom is -0.388 e. The Hall–Kier alpha value is -6.06. The van der Waals surface area contributed by atoms with Crippen LogP contribution in [0, 0.1) is 0 Å². The number of hydrogen-bond acceptors (Lipinski definition) is 14. The van der Waals surface area contributed by atoms with Crippen molar-refractivity contribution in [3.63, 3.8) is 0 Å². The lowest BCUT2D eigenvalue weighted by atomic mass is 9.91. The second kappa shape index (κ2) is 15.8. The molecule has 0 spiro atoms. The fraction of sp³-hybridized carbons (Fsp3) is 0.324. The van der Waals surface area contributed by atoms with E-state index in [2.05, 4.69) is 55.6 Å². The van der Waals surface area contributed by atoms with E-state index in [-0.39, 0.29) is 29.1 Å². The van der Waals surface area contributed by atoms with Crippen LogP contribution in [0.2, 0.25) is 0 Å². The molecule has 19 nitrogen and oxygen atoms in total. The number of nitrogens with zero attached hydrogens (tertiary/aromatic N) is 9. The average Bonchev–Trinajstić information content (AvgIpc) is 4.03. The SMILES string of the molecule is NS(=O)(=O)c1ccc(NC(=O)N[C@@H]2CCN(c3nc(NCC(c4ccccc4)c4ccccc4)c4ncn([C@@H]5C[C@H](n6nnc(CO)n6)[C@@H](O)[C@H]5O)c4n3)C2)cc1. The van der Waals surface area contributed by atoms with Crippen LogP contribution in [0.25, 0.3) is 11.2 Å². The Morgan fingerprint density at radius 2 is 1.61 bits per heavy atom. The third-order valence-corrected chi connectivity index (χ3v) is 11.3. The number of primary sulfonamides is 1. The van der Waals surface area contributed by atoms with E-state index in [1.165, 1.54) is 29.1 Å². The van der Waals surface area contributed by atoms with Gasteiger partial charge in [0.15, 0.2) is 22.8 Å². The lowest BCUT2D eigenvalue weighted by molar-refractivity contribution is 0.00469. The molecule has 296 valence electrons. The first-order chi connectivity index (χ1) is 27.6. The molecule has 2 aliphatic rings. The molecule has 2 fully saturated rings. The number of tetrazole rings is 1. The zero-order valence-electron chi connectivity index (χ0n) is 30.4. The number of aromatic nitrogens is 8. The van der Waals surface area contributed by atoms with E-state index >= 15 is 0 Å². The van der Waals surface area contributed by atoms with Gasteiger partial charge in [0.2, 0.25) is 16.0 Å². The number of amides is 2. The number of fused-ring (bicyclic) bond motifs is 1. The van der Waals surface area contributed by atoms with Gasteiger partial charge in [-0.25, -0.2) is 23.3 Å². The first-order valence-corrected chi connectivity index (χ1v) is 19.9. The van der Waals surface area contributed by atoms with Crippen LogP contribution >= 0.6 is 0 Å². The summed E-state index contributed by atoms with van der Waals surface area (Å²) in [7, 11) is -3.87. The number of aliphatic hydroxyl groups excluding tert-OH is 3. The van der Waals surface area contributed by atoms with Gasteiger partial charge in [-0.05, 0) is 53.4 Å². The molecule has 1 saturated heterocycles. The molecule has 8 N–H and O–H groups in total. The number of carbonyl (C=O) groups excluding carboxylic acids is 1.